The molecule has 1 aliphatic heterocycles. The Hall–Kier alpha value is -0.740. The van der Waals surface area contributed by atoms with Crippen molar-refractivity contribution >= 4 is 34.2 Å². The number of rotatable bonds is 1. The molecule has 0 amide bonds. The van der Waals surface area contributed by atoms with E-state index in [1.807, 2.05) is 0 Å². The first kappa shape index (κ1) is 9.80. The summed E-state index contributed by atoms with van der Waals surface area (Å²) in [5.41, 5.74) is 0.380. The molecule has 1 aliphatic rings. The minimum absolute atomic E-state index is 0.315. The van der Waals surface area contributed by atoms with Crippen LogP contribution in [0.5, 0.6) is 0 Å². The lowest BCUT2D eigenvalue weighted by molar-refractivity contribution is 0.632. The van der Waals surface area contributed by atoms with Crippen LogP contribution in [0.15, 0.2) is 23.2 Å². The smallest absolute Gasteiger partial charge is 0.161 e. The first-order chi connectivity index (χ1) is 6.75. The summed E-state index contributed by atoms with van der Waals surface area (Å²) >= 11 is 7.33. The van der Waals surface area contributed by atoms with E-state index in [0.29, 0.717) is 10.7 Å². The van der Waals surface area contributed by atoms with E-state index >= 15 is 0 Å². The summed E-state index contributed by atoms with van der Waals surface area (Å²) < 4.78 is 13.2. The second-order valence-corrected chi connectivity index (χ2v) is 4.30. The fraction of sp³-hybridized carbons (Fsp3) is 0.222. The van der Waals surface area contributed by atoms with Gasteiger partial charge in [-0.15, -0.1) is 0 Å². The number of benzene rings is 1. The van der Waals surface area contributed by atoms with Crippen LogP contribution in [0.1, 0.15) is 0 Å². The Morgan fingerprint density at radius 2 is 2.36 bits per heavy atom. The van der Waals surface area contributed by atoms with E-state index in [1.165, 1.54) is 12.1 Å². The average molecular weight is 231 g/mol. The summed E-state index contributed by atoms with van der Waals surface area (Å²) in [5, 5.41) is 4.17. The number of nitrogens with one attached hydrogen (secondary N) is 1. The molecule has 0 radical (unpaired) electrons. The van der Waals surface area contributed by atoms with Gasteiger partial charge in [0.25, 0.3) is 0 Å². The molecule has 0 aromatic heterocycles. The van der Waals surface area contributed by atoms with Crippen LogP contribution in [0, 0.1) is 5.82 Å². The van der Waals surface area contributed by atoms with Crippen molar-refractivity contribution in [1.82, 2.24) is 0 Å². The van der Waals surface area contributed by atoms with E-state index in [-0.39, 0.29) is 5.82 Å². The van der Waals surface area contributed by atoms with Crippen molar-refractivity contribution in [3.05, 3.63) is 29.0 Å². The van der Waals surface area contributed by atoms with Crippen LogP contribution in [0.3, 0.4) is 0 Å². The molecule has 0 unspecified atom stereocenters. The first-order valence-corrected chi connectivity index (χ1v) is 5.51. The quantitative estimate of drug-likeness (QED) is 0.802. The molecule has 1 heterocycles. The Labute approximate surface area is 90.6 Å². The zero-order valence-electron chi connectivity index (χ0n) is 7.26. The molecule has 1 aromatic carbocycles. The Bertz CT molecular complexity index is 381. The molecule has 0 bridgehead atoms. The van der Waals surface area contributed by atoms with Crippen LogP contribution < -0.4 is 5.32 Å². The predicted octanol–water partition coefficient (Wildman–Crippen LogP) is 2.99. The van der Waals surface area contributed by atoms with Gasteiger partial charge in [-0.1, -0.05) is 23.4 Å². The van der Waals surface area contributed by atoms with Crippen LogP contribution >= 0.6 is 23.4 Å². The van der Waals surface area contributed by atoms with Gasteiger partial charge in [0.1, 0.15) is 5.82 Å². The zero-order chi connectivity index (χ0) is 9.97. The summed E-state index contributed by atoms with van der Waals surface area (Å²) in [6.45, 7) is 0.787. The lowest BCUT2D eigenvalue weighted by Crippen LogP contribution is -2.06. The van der Waals surface area contributed by atoms with Crippen molar-refractivity contribution in [1.29, 1.82) is 0 Å². The number of hydrogen-bond acceptors (Lipinski definition) is 3. The number of anilines is 1. The highest BCUT2D eigenvalue weighted by atomic mass is 35.5. The van der Waals surface area contributed by atoms with E-state index in [1.54, 1.807) is 17.8 Å². The maximum atomic E-state index is 13.2. The molecule has 2 nitrogen and oxygen atoms in total. The minimum atomic E-state index is -0.315. The summed E-state index contributed by atoms with van der Waals surface area (Å²) in [4.78, 5) is 4.16. The second-order valence-electron chi connectivity index (χ2n) is 2.78. The Balaban J connectivity index is 2.19. The van der Waals surface area contributed by atoms with Gasteiger partial charge in [0.05, 0.1) is 12.2 Å². The van der Waals surface area contributed by atoms with Crippen LogP contribution in [0.2, 0.25) is 5.02 Å². The SMILES string of the molecule is Fc1ccc(Cl)cc1NC1=NCCS1. The standard InChI is InChI=1S/C9H8ClFN2S/c10-6-1-2-7(11)8(5-6)13-9-12-3-4-14-9/h1-2,5H,3-4H2,(H,12,13). The maximum Gasteiger partial charge on any atom is 0.161 e. The number of thioether (sulfide) groups is 1. The molecule has 0 spiro atoms. The number of aliphatic imine (C=N–C) groups is 1. The summed E-state index contributed by atoms with van der Waals surface area (Å²) in [7, 11) is 0. The predicted molar refractivity (Wildman–Crippen MR) is 59.8 cm³/mol. The fourth-order valence-corrected chi connectivity index (χ4v) is 2.03. The fourth-order valence-electron chi connectivity index (χ4n) is 1.12. The van der Waals surface area contributed by atoms with Crippen molar-refractivity contribution in [2.75, 3.05) is 17.6 Å². The van der Waals surface area contributed by atoms with Gasteiger partial charge in [0.2, 0.25) is 0 Å². The third kappa shape index (κ3) is 2.19. The highest BCUT2D eigenvalue weighted by molar-refractivity contribution is 8.14. The maximum absolute atomic E-state index is 13.2. The number of hydrogen-bond donors (Lipinski definition) is 1. The van der Waals surface area contributed by atoms with Gasteiger partial charge in [-0.2, -0.15) is 0 Å². The molecule has 0 atom stereocenters. The molecule has 74 valence electrons. The van der Waals surface area contributed by atoms with Gasteiger partial charge in [0, 0.05) is 10.8 Å². The molecular weight excluding hydrogens is 223 g/mol. The lowest BCUT2D eigenvalue weighted by Gasteiger charge is -2.06. The van der Waals surface area contributed by atoms with Gasteiger partial charge in [-0.05, 0) is 18.2 Å². The third-order valence-corrected chi connectivity index (χ3v) is 2.88. The van der Waals surface area contributed by atoms with Crippen molar-refractivity contribution < 1.29 is 4.39 Å². The van der Waals surface area contributed by atoms with Gasteiger partial charge in [-0.25, -0.2) is 4.39 Å². The van der Waals surface area contributed by atoms with E-state index in [0.717, 1.165) is 17.5 Å². The highest BCUT2D eigenvalue weighted by Gasteiger charge is 2.09. The number of halogens is 2. The Morgan fingerprint density at radius 1 is 1.50 bits per heavy atom. The van der Waals surface area contributed by atoms with E-state index in [2.05, 4.69) is 10.3 Å². The average Bonchev–Trinajstić information content (AvgIpc) is 2.64. The molecule has 0 fully saturated rings. The van der Waals surface area contributed by atoms with Gasteiger partial charge < -0.3 is 5.32 Å². The molecule has 0 saturated carbocycles. The molecule has 2 rings (SSSR count). The Kier molecular flexibility index (Phi) is 2.93. The van der Waals surface area contributed by atoms with Gasteiger partial charge in [0.15, 0.2) is 5.17 Å². The molecule has 0 aliphatic carbocycles. The molecule has 1 aromatic rings. The van der Waals surface area contributed by atoms with Gasteiger partial charge >= 0.3 is 0 Å². The second kappa shape index (κ2) is 4.19. The Morgan fingerprint density at radius 3 is 3.07 bits per heavy atom. The topological polar surface area (TPSA) is 24.4 Å². The van der Waals surface area contributed by atoms with Crippen molar-refractivity contribution in [3.63, 3.8) is 0 Å². The van der Waals surface area contributed by atoms with Crippen LogP contribution in [0.4, 0.5) is 10.1 Å². The molecular formula is C9H8ClFN2S. The van der Waals surface area contributed by atoms with E-state index in [9.17, 15) is 4.39 Å². The number of nitrogens with zero attached hydrogens (tertiary/aromatic N) is 1. The normalized spacial score (nSPS) is 15.4. The highest BCUT2D eigenvalue weighted by Crippen LogP contribution is 2.22. The van der Waals surface area contributed by atoms with Crippen LogP contribution in [-0.2, 0) is 0 Å². The summed E-state index contributed by atoms with van der Waals surface area (Å²) in [6, 6.07) is 4.41. The van der Waals surface area contributed by atoms with Crippen molar-refractivity contribution in [3.8, 4) is 0 Å². The summed E-state index contributed by atoms with van der Waals surface area (Å²) in [6.07, 6.45) is 0. The molecule has 14 heavy (non-hydrogen) atoms. The molecule has 0 saturated heterocycles. The zero-order valence-corrected chi connectivity index (χ0v) is 8.83. The van der Waals surface area contributed by atoms with E-state index in [4.69, 9.17) is 11.6 Å². The first-order valence-electron chi connectivity index (χ1n) is 4.15. The summed E-state index contributed by atoms with van der Waals surface area (Å²) in [5.74, 6) is 0.634. The van der Waals surface area contributed by atoms with Gasteiger partial charge in [-0.3, -0.25) is 4.99 Å². The van der Waals surface area contributed by atoms with Crippen LogP contribution in [0.25, 0.3) is 0 Å². The third-order valence-electron chi connectivity index (χ3n) is 1.76. The van der Waals surface area contributed by atoms with Crippen molar-refractivity contribution in [2.45, 2.75) is 0 Å². The largest absolute Gasteiger partial charge is 0.333 e. The van der Waals surface area contributed by atoms with Crippen molar-refractivity contribution in [2.24, 2.45) is 4.99 Å². The van der Waals surface area contributed by atoms with E-state index < -0.39 is 0 Å². The molecule has 5 heteroatoms. The van der Waals surface area contributed by atoms with Crippen LogP contribution in [-0.4, -0.2) is 17.5 Å². The minimum Gasteiger partial charge on any atom is -0.333 e. The number of amidine groups is 1. The monoisotopic (exact) mass is 230 g/mol. The molecule has 1 N–H and O–H groups in total. The lowest BCUT2D eigenvalue weighted by atomic mass is 10.3.